The van der Waals surface area contributed by atoms with Crippen LogP contribution in [-0.2, 0) is 22.7 Å². The summed E-state index contributed by atoms with van der Waals surface area (Å²) in [4.78, 5) is 25.4. The lowest BCUT2D eigenvalue weighted by molar-refractivity contribution is -0.125. The first-order valence-corrected chi connectivity index (χ1v) is 9.00. The molecule has 8 heteroatoms. The molecule has 6 nitrogen and oxygen atoms in total. The summed E-state index contributed by atoms with van der Waals surface area (Å²) in [7, 11) is 0. The van der Waals surface area contributed by atoms with Crippen LogP contribution in [0.1, 0.15) is 31.4 Å². The first kappa shape index (κ1) is 25.7. The van der Waals surface area contributed by atoms with Gasteiger partial charge in [0.25, 0.3) is 0 Å². The standard InChI is InChI=1S/C19H30N4O2.2ClH/c1-14-7-15(2)12-23(11-14)13-17-6-4-3-5-16(17)9-21-19(25)10-22-18(24)8-20;;/h3-6,14-15H,7-13,20H2,1-2H3,(H,21,25)(H,22,24);2*1H. The van der Waals surface area contributed by atoms with Crippen LogP contribution in [0.25, 0.3) is 0 Å². The van der Waals surface area contributed by atoms with E-state index in [1.54, 1.807) is 0 Å². The van der Waals surface area contributed by atoms with Crippen LogP contribution in [0.15, 0.2) is 24.3 Å². The van der Waals surface area contributed by atoms with Gasteiger partial charge in [-0.2, -0.15) is 0 Å². The van der Waals surface area contributed by atoms with Crippen LogP contribution in [0.4, 0.5) is 0 Å². The highest BCUT2D eigenvalue weighted by atomic mass is 35.5. The molecule has 1 aliphatic heterocycles. The van der Waals surface area contributed by atoms with Crippen molar-refractivity contribution >= 4 is 36.6 Å². The molecule has 0 saturated carbocycles. The Balaban J connectivity index is 0.00000338. The summed E-state index contributed by atoms with van der Waals surface area (Å²) in [6.45, 7) is 8.08. The molecule has 1 aromatic carbocycles. The van der Waals surface area contributed by atoms with E-state index in [0.29, 0.717) is 6.54 Å². The number of hydrogen-bond acceptors (Lipinski definition) is 4. The Morgan fingerprint density at radius 3 is 2.22 bits per heavy atom. The highest BCUT2D eigenvalue weighted by Gasteiger charge is 2.22. The number of carbonyl (C=O) groups is 2. The Kier molecular flexibility index (Phi) is 12.3. The van der Waals surface area contributed by atoms with Crippen molar-refractivity contribution in [3.63, 3.8) is 0 Å². The SMILES string of the molecule is CC1CC(C)CN(Cc2ccccc2CNC(=O)CNC(=O)CN)C1.Cl.Cl. The number of halogens is 2. The maximum Gasteiger partial charge on any atom is 0.239 e. The molecule has 0 radical (unpaired) electrons. The first-order chi connectivity index (χ1) is 12.0. The second-order valence-electron chi connectivity index (χ2n) is 7.17. The van der Waals surface area contributed by atoms with Crippen molar-refractivity contribution in [2.24, 2.45) is 17.6 Å². The fourth-order valence-corrected chi connectivity index (χ4v) is 3.55. The van der Waals surface area contributed by atoms with E-state index in [4.69, 9.17) is 5.73 Å². The van der Waals surface area contributed by atoms with Crippen LogP contribution in [0.3, 0.4) is 0 Å². The Morgan fingerprint density at radius 1 is 1.04 bits per heavy atom. The highest BCUT2D eigenvalue weighted by molar-refractivity contribution is 5.86. The number of benzene rings is 1. The lowest BCUT2D eigenvalue weighted by atomic mass is 9.91. The summed E-state index contributed by atoms with van der Waals surface area (Å²) in [5.74, 6) is 0.907. The minimum Gasteiger partial charge on any atom is -0.350 e. The van der Waals surface area contributed by atoms with Gasteiger partial charge in [-0.05, 0) is 29.4 Å². The first-order valence-electron chi connectivity index (χ1n) is 9.00. The van der Waals surface area contributed by atoms with Gasteiger partial charge in [0.1, 0.15) is 0 Å². The Morgan fingerprint density at radius 2 is 1.63 bits per heavy atom. The van der Waals surface area contributed by atoms with Crippen LogP contribution in [0, 0.1) is 11.8 Å². The number of nitrogens with two attached hydrogens (primary N) is 1. The van der Waals surface area contributed by atoms with Gasteiger partial charge in [-0.15, -0.1) is 24.8 Å². The van der Waals surface area contributed by atoms with Crippen molar-refractivity contribution < 1.29 is 9.59 Å². The monoisotopic (exact) mass is 418 g/mol. The molecule has 1 heterocycles. The van der Waals surface area contributed by atoms with E-state index >= 15 is 0 Å². The molecule has 0 aliphatic carbocycles. The second-order valence-corrected chi connectivity index (χ2v) is 7.17. The normalized spacial score (nSPS) is 19.4. The number of hydrogen-bond donors (Lipinski definition) is 3. The van der Waals surface area contributed by atoms with Crippen LogP contribution in [0.5, 0.6) is 0 Å². The van der Waals surface area contributed by atoms with E-state index in [2.05, 4.69) is 35.4 Å². The Bertz CT molecular complexity index is 591. The number of carbonyl (C=O) groups excluding carboxylic acids is 2. The third kappa shape index (κ3) is 8.93. The van der Waals surface area contributed by atoms with Gasteiger partial charge in [0, 0.05) is 26.2 Å². The molecule has 2 amide bonds. The fraction of sp³-hybridized carbons (Fsp3) is 0.579. The third-order valence-corrected chi connectivity index (χ3v) is 4.56. The molecular weight excluding hydrogens is 387 g/mol. The lowest BCUT2D eigenvalue weighted by Crippen LogP contribution is -2.39. The molecule has 1 aliphatic rings. The van der Waals surface area contributed by atoms with Crippen molar-refractivity contribution in [3.05, 3.63) is 35.4 Å². The van der Waals surface area contributed by atoms with Crippen molar-refractivity contribution in [3.8, 4) is 0 Å². The smallest absolute Gasteiger partial charge is 0.239 e. The summed E-state index contributed by atoms with van der Waals surface area (Å²) < 4.78 is 0. The number of nitrogens with one attached hydrogen (secondary N) is 2. The average Bonchev–Trinajstić information content (AvgIpc) is 2.58. The predicted molar refractivity (Wildman–Crippen MR) is 113 cm³/mol. The molecule has 0 bridgehead atoms. The fourth-order valence-electron chi connectivity index (χ4n) is 3.55. The van der Waals surface area contributed by atoms with Crippen molar-refractivity contribution in [1.29, 1.82) is 0 Å². The number of likely N-dealkylation sites (tertiary alicyclic amines) is 1. The van der Waals surface area contributed by atoms with E-state index in [1.807, 2.05) is 18.2 Å². The van der Waals surface area contributed by atoms with Gasteiger partial charge in [0.05, 0.1) is 13.1 Å². The quantitative estimate of drug-likeness (QED) is 0.628. The molecule has 2 unspecified atom stereocenters. The van der Waals surface area contributed by atoms with Gasteiger partial charge in [-0.1, -0.05) is 38.1 Å². The van der Waals surface area contributed by atoms with Gasteiger partial charge in [0.2, 0.25) is 11.8 Å². The summed E-state index contributed by atoms with van der Waals surface area (Å²) in [6.07, 6.45) is 1.29. The van der Waals surface area contributed by atoms with E-state index in [0.717, 1.165) is 37.0 Å². The molecule has 154 valence electrons. The highest BCUT2D eigenvalue weighted by Crippen LogP contribution is 2.23. The molecular formula is C19H32Cl2N4O2. The van der Waals surface area contributed by atoms with E-state index in [-0.39, 0.29) is 49.7 Å². The topological polar surface area (TPSA) is 87.5 Å². The lowest BCUT2D eigenvalue weighted by Gasteiger charge is -2.35. The van der Waals surface area contributed by atoms with Gasteiger partial charge < -0.3 is 16.4 Å². The Hall–Kier alpha value is -1.34. The zero-order valence-corrected chi connectivity index (χ0v) is 17.7. The zero-order chi connectivity index (χ0) is 18.2. The van der Waals surface area contributed by atoms with E-state index < -0.39 is 0 Å². The zero-order valence-electron chi connectivity index (χ0n) is 16.1. The van der Waals surface area contributed by atoms with Gasteiger partial charge >= 0.3 is 0 Å². The summed E-state index contributed by atoms with van der Waals surface area (Å²) in [6, 6.07) is 8.20. The van der Waals surface area contributed by atoms with Crippen LogP contribution >= 0.6 is 24.8 Å². The summed E-state index contributed by atoms with van der Waals surface area (Å²) in [5.41, 5.74) is 7.57. The molecule has 27 heavy (non-hydrogen) atoms. The van der Waals surface area contributed by atoms with Crippen LogP contribution in [0.2, 0.25) is 0 Å². The van der Waals surface area contributed by atoms with Crippen molar-refractivity contribution in [1.82, 2.24) is 15.5 Å². The largest absolute Gasteiger partial charge is 0.350 e. The van der Waals surface area contributed by atoms with Crippen LogP contribution < -0.4 is 16.4 Å². The van der Waals surface area contributed by atoms with E-state index in [1.165, 1.54) is 12.0 Å². The molecule has 1 aromatic rings. The molecule has 0 spiro atoms. The maximum absolute atomic E-state index is 11.8. The molecule has 1 saturated heterocycles. The predicted octanol–water partition coefficient (Wildman–Crippen LogP) is 1.70. The number of rotatable bonds is 7. The minimum atomic E-state index is -0.330. The average molecular weight is 419 g/mol. The van der Waals surface area contributed by atoms with Gasteiger partial charge in [-0.25, -0.2) is 0 Å². The number of nitrogens with zero attached hydrogens (tertiary/aromatic N) is 1. The molecule has 1 fully saturated rings. The third-order valence-electron chi connectivity index (χ3n) is 4.56. The Labute approximate surface area is 174 Å². The second kappa shape index (κ2) is 12.9. The molecule has 2 atom stereocenters. The minimum absolute atomic E-state index is 0. The van der Waals surface area contributed by atoms with Crippen LogP contribution in [-0.4, -0.2) is 42.9 Å². The maximum atomic E-state index is 11.8. The van der Waals surface area contributed by atoms with Gasteiger partial charge in [0.15, 0.2) is 0 Å². The molecule has 2 rings (SSSR count). The molecule has 4 N–H and O–H groups in total. The van der Waals surface area contributed by atoms with E-state index in [9.17, 15) is 9.59 Å². The van der Waals surface area contributed by atoms with Crippen molar-refractivity contribution in [2.45, 2.75) is 33.4 Å². The molecule has 0 aromatic heterocycles. The summed E-state index contributed by atoms with van der Waals surface area (Å²) >= 11 is 0. The number of amides is 2. The number of piperidine rings is 1. The summed E-state index contributed by atoms with van der Waals surface area (Å²) in [5, 5.41) is 5.33. The van der Waals surface area contributed by atoms with Gasteiger partial charge in [-0.3, -0.25) is 14.5 Å². The van der Waals surface area contributed by atoms with Crippen molar-refractivity contribution in [2.75, 3.05) is 26.2 Å².